The second kappa shape index (κ2) is 6.58. The number of aromatic nitrogens is 1. The van der Waals surface area contributed by atoms with Crippen molar-refractivity contribution in [3.8, 4) is 22.4 Å². The zero-order chi connectivity index (χ0) is 18.4. The van der Waals surface area contributed by atoms with Crippen LogP contribution in [0, 0.1) is 5.82 Å². The largest absolute Gasteiger partial charge is 0.392 e. The van der Waals surface area contributed by atoms with E-state index in [0.717, 1.165) is 60.2 Å². The average molecular weight is 359 g/mol. The van der Waals surface area contributed by atoms with Crippen LogP contribution in [0.4, 0.5) is 4.39 Å². The van der Waals surface area contributed by atoms with E-state index in [-0.39, 0.29) is 12.4 Å². The van der Waals surface area contributed by atoms with Gasteiger partial charge in [-0.25, -0.2) is 4.39 Å². The van der Waals surface area contributed by atoms with E-state index in [1.165, 1.54) is 28.8 Å². The first kappa shape index (κ1) is 16.6. The molecule has 0 spiro atoms. The van der Waals surface area contributed by atoms with E-state index in [1.807, 2.05) is 12.1 Å². The molecule has 0 atom stereocenters. The van der Waals surface area contributed by atoms with Gasteiger partial charge in [-0.1, -0.05) is 36.4 Å². The van der Waals surface area contributed by atoms with Gasteiger partial charge in [-0.2, -0.15) is 0 Å². The Morgan fingerprint density at radius 2 is 1.78 bits per heavy atom. The summed E-state index contributed by atoms with van der Waals surface area (Å²) in [5.41, 5.74) is 8.81. The van der Waals surface area contributed by atoms with E-state index >= 15 is 0 Å². The number of rotatable bonds is 3. The summed E-state index contributed by atoms with van der Waals surface area (Å²) in [6.07, 6.45) is 5.25. The number of aliphatic hydroxyl groups is 1. The van der Waals surface area contributed by atoms with Gasteiger partial charge < -0.3 is 5.11 Å². The minimum Gasteiger partial charge on any atom is -0.392 e. The molecular weight excluding hydrogens is 337 g/mol. The topological polar surface area (TPSA) is 33.1 Å². The van der Waals surface area contributed by atoms with Gasteiger partial charge in [0.25, 0.3) is 0 Å². The minimum absolute atomic E-state index is 0.0273. The van der Waals surface area contributed by atoms with Crippen LogP contribution in [-0.2, 0) is 19.4 Å². The van der Waals surface area contributed by atoms with Crippen molar-refractivity contribution in [3.05, 3.63) is 76.7 Å². The molecule has 1 saturated carbocycles. The van der Waals surface area contributed by atoms with Crippen LogP contribution in [-0.4, -0.2) is 10.1 Å². The first-order chi connectivity index (χ1) is 13.3. The summed E-state index contributed by atoms with van der Waals surface area (Å²) in [6.45, 7) is -0.0273. The van der Waals surface area contributed by atoms with Crippen LogP contribution in [0.3, 0.4) is 0 Å². The maximum Gasteiger partial charge on any atom is 0.123 e. The zero-order valence-electron chi connectivity index (χ0n) is 15.2. The summed E-state index contributed by atoms with van der Waals surface area (Å²) in [7, 11) is 0. The van der Waals surface area contributed by atoms with Crippen molar-refractivity contribution in [2.24, 2.45) is 0 Å². The van der Waals surface area contributed by atoms with E-state index in [2.05, 4.69) is 24.3 Å². The van der Waals surface area contributed by atoms with Crippen molar-refractivity contribution < 1.29 is 9.50 Å². The fourth-order valence-electron chi connectivity index (χ4n) is 4.39. The van der Waals surface area contributed by atoms with Gasteiger partial charge in [0.1, 0.15) is 5.82 Å². The molecule has 27 heavy (non-hydrogen) atoms. The van der Waals surface area contributed by atoms with Crippen molar-refractivity contribution in [2.45, 2.75) is 44.6 Å². The van der Waals surface area contributed by atoms with Gasteiger partial charge in [0.2, 0.25) is 0 Å². The number of pyridine rings is 1. The summed E-state index contributed by atoms with van der Waals surface area (Å²) in [6, 6.07) is 15.2. The molecule has 1 N–H and O–H groups in total. The fourth-order valence-corrected chi connectivity index (χ4v) is 4.39. The SMILES string of the molecule is OCc1c(C2CC2)nc2c(c1-c1ccc(F)cc1)CCCc1ccccc1-2. The van der Waals surface area contributed by atoms with E-state index in [9.17, 15) is 9.50 Å². The van der Waals surface area contributed by atoms with Crippen LogP contribution < -0.4 is 0 Å². The Hall–Kier alpha value is -2.52. The third-order valence-electron chi connectivity index (χ3n) is 5.83. The summed E-state index contributed by atoms with van der Waals surface area (Å²) < 4.78 is 13.5. The highest BCUT2D eigenvalue weighted by molar-refractivity contribution is 5.81. The molecule has 0 amide bonds. The van der Waals surface area contributed by atoms with Crippen LogP contribution in [0.1, 0.15) is 47.6 Å². The molecule has 3 heteroatoms. The van der Waals surface area contributed by atoms with E-state index < -0.39 is 0 Å². The average Bonchev–Trinajstić information content (AvgIpc) is 3.54. The lowest BCUT2D eigenvalue weighted by atomic mass is 9.88. The number of aryl methyl sites for hydroxylation is 1. The van der Waals surface area contributed by atoms with Gasteiger partial charge >= 0.3 is 0 Å². The van der Waals surface area contributed by atoms with Gasteiger partial charge in [0.15, 0.2) is 0 Å². The highest BCUT2D eigenvalue weighted by atomic mass is 19.1. The maximum absolute atomic E-state index is 13.5. The molecule has 2 aliphatic rings. The third kappa shape index (κ3) is 2.87. The summed E-state index contributed by atoms with van der Waals surface area (Å²) >= 11 is 0. The first-order valence-electron chi connectivity index (χ1n) is 9.77. The van der Waals surface area contributed by atoms with E-state index in [4.69, 9.17) is 4.98 Å². The van der Waals surface area contributed by atoms with Crippen LogP contribution >= 0.6 is 0 Å². The maximum atomic E-state index is 13.5. The lowest BCUT2D eigenvalue weighted by Gasteiger charge is -2.20. The molecule has 136 valence electrons. The highest BCUT2D eigenvalue weighted by Gasteiger charge is 2.32. The van der Waals surface area contributed by atoms with Gasteiger partial charge in [-0.3, -0.25) is 4.98 Å². The monoisotopic (exact) mass is 359 g/mol. The van der Waals surface area contributed by atoms with Crippen LogP contribution in [0.25, 0.3) is 22.4 Å². The molecule has 1 fully saturated rings. The Balaban J connectivity index is 1.84. The molecule has 1 aromatic heterocycles. The van der Waals surface area contributed by atoms with Crippen molar-refractivity contribution in [2.75, 3.05) is 0 Å². The summed E-state index contributed by atoms with van der Waals surface area (Å²) in [5.74, 6) is 0.198. The van der Waals surface area contributed by atoms with Gasteiger partial charge in [0, 0.05) is 17.0 Å². The first-order valence-corrected chi connectivity index (χ1v) is 9.77. The molecule has 2 aromatic carbocycles. The van der Waals surface area contributed by atoms with E-state index in [0.29, 0.717) is 5.92 Å². The second-order valence-electron chi connectivity index (χ2n) is 7.63. The van der Waals surface area contributed by atoms with Crippen molar-refractivity contribution in [1.82, 2.24) is 4.98 Å². The summed E-state index contributed by atoms with van der Waals surface area (Å²) in [5, 5.41) is 10.2. The Morgan fingerprint density at radius 3 is 2.52 bits per heavy atom. The molecule has 2 nitrogen and oxygen atoms in total. The van der Waals surface area contributed by atoms with Crippen molar-refractivity contribution >= 4 is 0 Å². The molecule has 5 rings (SSSR count). The van der Waals surface area contributed by atoms with Crippen molar-refractivity contribution in [3.63, 3.8) is 0 Å². The standard InChI is InChI=1S/C24H22FNO/c25-18-12-10-16(11-13-18)22-20-7-3-5-15-4-1-2-6-19(15)24(20)26-23(17-8-9-17)21(22)14-27/h1-2,4,6,10-13,17,27H,3,5,7-9,14H2. The van der Waals surface area contributed by atoms with Gasteiger partial charge in [-0.15, -0.1) is 0 Å². The number of halogens is 1. The molecule has 0 saturated heterocycles. The molecule has 3 aromatic rings. The molecule has 0 bridgehead atoms. The second-order valence-corrected chi connectivity index (χ2v) is 7.63. The number of fused-ring (bicyclic) bond motifs is 3. The zero-order valence-corrected chi connectivity index (χ0v) is 15.2. The third-order valence-corrected chi connectivity index (χ3v) is 5.83. The number of hydrogen-bond donors (Lipinski definition) is 1. The lowest BCUT2D eigenvalue weighted by molar-refractivity contribution is 0.280. The Morgan fingerprint density at radius 1 is 1.00 bits per heavy atom. The van der Waals surface area contributed by atoms with Crippen molar-refractivity contribution in [1.29, 1.82) is 0 Å². The number of hydrogen-bond acceptors (Lipinski definition) is 2. The number of aliphatic hydroxyl groups excluding tert-OH is 1. The quantitative estimate of drug-likeness (QED) is 0.678. The molecule has 2 aliphatic carbocycles. The summed E-state index contributed by atoms with van der Waals surface area (Å²) in [4.78, 5) is 5.12. The number of benzene rings is 2. The Labute approximate surface area is 158 Å². The normalized spacial score (nSPS) is 15.8. The highest BCUT2D eigenvalue weighted by Crippen LogP contribution is 2.47. The van der Waals surface area contributed by atoms with Crippen LogP contribution in [0.15, 0.2) is 48.5 Å². The van der Waals surface area contributed by atoms with Crippen LogP contribution in [0.5, 0.6) is 0 Å². The molecule has 0 aliphatic heterocycles. The Kier molecular flexibility index (Phi) is 4.05. The predicted molar refractivity (Wildman–Crippen MR) is 105 cm³/mol. The molecular formula is C24H22FNO. The Bertz CT molecular complexity index is 1010. The van der Waals surface area contributed by atoms with Gasteiger partial charge in [0.05, 0.1) is 18.0 Å². The number of nitrogens with zero attached hydrogens (tertiary/aromatic N) is 1. The molecule has 0 radical (unpaired) electrons. The molecule has 0 unspecified atom stereocenters. The minimum atomic E-state index is -0.239. The van der Waals surface area contributed by atoms with E-state index in [1.54, 1.807) is 0 Å². The van der Waals surface area contributed by atoms with Gasteiger partial charge in [-0.05, 0) is 66.5 Å². The predicted octanol–water partition coefficient (Wildman–Crippen LogP) is 5.41. The lowest BCUT2D eigenvalue weighted by Crippen LogP contribution is -2.07. The molecule has 1 heterocycles. The fraction of sp³-hybridized carbons (Fsp3) is 0.292. The smallest absolute Gasteiger partial charge is 0.123 e. The van der Waals surface area contributed by atoms with Crippen LogP contribution in [0.2, 0.25) is 0 Å².